The summed E-state index contributed by atoms with van der Waals surface area (Å²) in [7, 11) is 0. The summed E-state index contributed by atoms with van der Waals surface area (Å²) in [5.41, 5.74) is 2.00. The molecule has 1 aliphatic heterocycles. The Morgan fingerprint density at radius 1 is 1.40 bits per heavy atom. The molecule has 0 amide bonds. The van der Waals surface area contributed by atoms with Gasteiger partial charge in [0.2, 0.25) is 0 Å². The zero-order valence-corrected chi connectivity index (χ0v) is 17.6. The molecular weight excluding hydrogens is 431 g/mol. The molecule has 1 aromatic rings. The summed E-state index contributed by atoms with van der Waals surface area (Å²) >= 11 is 0. The van der Waals surface area contributed by atoms with Crippen molar-refractivity contribution in [3.8, 4) is 0 Å². The third kappa shape index (κ3) is 9.37. The SMILES string of the molecule is CCNC(=NCc1cccc(C)n1)NCCCOCC1CCCO1.I. The number of guanidine groups is 1. The Morgan fingerprint density at radius 2 is 2.28 bits per heavy atom. The number of hydrogen-bond acceptors (Lipinski definition) is 4. The molecule has 2 heterocycles. The van der Waals surface area contributed by atoms with E-state index in [0.29, 0.717) is 19.3 Å². The monoisotopic (exact) mass is 462 g/mol. The number of nitrogens with zero attached hydrogens (tertiary/aromatic N) is 2. The third-order valence-electron chi connectivity index (χ3n) is 3.78. The lowest BCUT2D eigenvalue weighted by Gasteiger charge is -2.12. The van der Waals surface area contributed by atoms with Crippen LogP contribution in [0, 0.1) is 6.92 Å². The van der Waals surface area contributed by atoms with Crippen molar-refractivity contribution in [2.24, 2.45) is 4.99 Å². The van der Waals surface area contributed by atoms with E-state index in [-0.39, 0.29) is 24.0 Å². The number of aliphatic imine (C=N–C) groups is 1. The smallest absolute Gasteiger partial charge is 0.191 e. The normalized spacial score (nSPS) is 17.2. The highest BCUT2D eigenvalue weighted by Gasteiger charge is 2.14. The fraction of sp³-hybridized carbons (Fsp3) is 0.667. The highest BCUT2D eigenvalue weighted by molar-refractivity contribution is 14.0. The molecule has 1 unspecified atom stereocenters. The van der Waals surface area contributed by atoms with E-state index in [4.69, 9.17) is 9.47 Å². The summed E-state index contributed by atoms with van der Waals surface area (Å²) in [5, 5.41) is 6.59. The lowest BCUT2D eigenvalue weighted by Crippen LogP contribution is -2.38. The molecule has 1 aliphatic rings. The van der Waals surface area contributed by atoms with Gasteiger partial charge in [-0.05, 0) is 45.2 Å². The molecule has 6 nitrogen and oxygen atoms in total. The van der Waals surface area contributed by atoms with Crippen molar-refractivity contribution >= 4 is 29.9 Å². The number of halogens is 1. The highest BCUT2D eigenvalue weighted by Crippen LogP contribution is 2.11. The fourth-order valence-corrected chi connectivity index (χ4v) is 2.56. The van der Waals surface area contributed by atoms with Crippen molar-refractivity contribution in [3.05, 3.63) is 29.6 Å². The number of rotatable bonds is 9. The maximum Gasteiger partial charge on any atom is 0.191 e. The number of aromatic nitrogens is 1. The second-order valence-electron chi connectivity index (χ2n) is 5.96. The predicted molar refractivity (Wildman–Crippen MR) is 112 cm³/mol. The third-order valence-corrected chi connectivity index (χ3v) is 3.78. The van der Waals surface area contributed by atoms with Crippen molar-refractivity contribution < 1.29 is 9.47 Å². The predicted octanol–water partition coefficient (Wildman–Crippen LogP) is 2.65. The zero-order chi connectivity index (χ0) is 17.0. The van der Waals surface area contributed by atoms with Gasteiger partial charge in [-0.25, -0.2) is 4.99 Å². The van der Waals surface area contributed by atoms with E-state index >= 15 is 0 Å². The van der Waals surface area contributed by atoms with Crippen LogP contribution in [0.2, 0.25) is 0 Å². The van der Waals surface area contributed by atoms with Gasteiger partial charge in [0.1, 0.15) is 0 Å². The molecule has 0 spiro atoms. The van der Waals surface area contributed by atoms with Crippen LogP contribution >= 0.6 is 24.0 Å². The molecule has 0 saturated carbocycles. The van der Waals surface area contributed by atoms with Gasteiger partial charge in [0.05, 0.1) is 24.9 Å². The van der Waals surface area contributed by atoms with Crippen LogP contribution in [-0.2, 0) is 16.0 Å². The van der Waals surface area contributed by atoms with E-state index < -0.39 is 0 Å². The molecule has 25 heavy (non-hydrogen) atoms. The summed E-state index contributed by atoms with van der Waals surface area (Å²) in [5.74, 6) is 0.819. The molecule has 0 aliphatic carbocycles. The first-order chi connectivity index (χ1) is 11.8. The molecular formula is C18H31IN4O2. The Bertz CT molecular complexity index is 508. The van der Waals surface area contributed by atoms with E-state index in [0.717, 1.165) is 62.9 Å². The maximum atomic E-state index is 5.67. The van der Waals surface area contributed by atoms with Crippen molar-refractivity contribution in [2.45, 2.75) is 45.8 Å². The van der Waals surface area contributed by atoms with Crippen LogP contribution in [0.1, 0.15) is 37.6 Å². The number of aryl methyl sites for hydroxylation is 1. The average molecular weight is 462 g/mol. The van der Waals surface area contributed by atoms with Crippen molar-refractivity contribution in [2.75, 3.05) is 32.9 Å². The van der Waals surface area contributed by atoms with E-state index in [1.165, 1.54) is 0 Å². The first kappa shape index (κ1) is 22.1. The molecule has 0 radical (unpaired) electrons. The van der Waals surface area contributed by atoms with Gasteiger partial charge in [-0.1, -0.05) is 6.07 Å². The number of pyridine rings is 1. The Hall–Kier alpha value is -0.930. The quantitative estimate of drug-likeness (QED) is 0.256. The number of hydrogen-bond donors (Lipinski definition) is 2. The highest BCUT2D eigenvalue weighted by atomic mass is 127. The molecule has 0 aromatic carbocycles. The summed E-state index contributed by atoms with van der Waals surface area (Å²) in [6.45, 7) is 8.64. The molecule has 7 heteroatoms. The average Bonchev–Trinajstić information content (AvgIpc) is 3.09. The lowest BCUT2D eigenvalue weighted by molar-refractivity contribution is 0.0168. The molecule has 1 fully saturated rings. The Morgan fingerprint density at radius 3 is 3.00 bits per heavy atom. The van der Waals surface area contributed by atoms with Crippen molar-refractivity contribution in [1.29, 1.82) is 0 Å². The first-order valence-corrected chi connectivity index (χ1v) is 8.92. The number of ether oxygens (including phenoxy) is 2. The van der Waals surface area contributed by atoms with E-state index in [2.05, 4.69) is 27.5 Å². The lowest BCUT2D eigenvalue weighted by atomic mass is 10.2. The van der Waals surface area contributed by atoms with Crippen molar-refractivity contribution in [1.82, 2.24) is 15.6 Å². The summed E-state index contributed by atoms with van der Waals surface area (Å²) < 4.78 is 11.2. The standard InChI is InChI=1S/C18H30N4O2.HI/c1-3-19-18(21-13-16-8-4-7-15(2)22-16)20-10-6-11-23-14-17-9-5-12-24-17;/h4,7-8,17H,3,5-6,9-14H2,1-2H3,(H2,19,20,21);1H. The van der Waals surface area contributed by atoms with Gasteiger partial charge in [-0.2, -0.15) is 0 Å². The largest absolute Gasteiger partial charge is 0.379 e. The summed E-state index contributed by atoms with van der Waals surface area (Å²) in [4.78, 5) is 9.05. The van der Waals surface area contributed by atoms with Crippen LogP contribution in [0.5, 0.6) is 0 Å². The molecule has 1 aromatic heterocycles. The van der Waals surface area contributed by atoms with Crippen LogP contribution in [0.4, 0.5) is 0 Å². The first-order valence-electron chi connectivity index (χ1n) is 8.92. The minimum atomic E-state index is 0. The minimum Gasteiger partial charge on any atom is -0.379 e. The van der Waals surface area contributed by atoms with Gasteiger partial charge in [0, 0.05) is 32.0 Å². The van der Waals surface area contributed by atoms with E-state index in [1.54, 1.807) is 0 Å². The van der Waals surface area contributed by atoms with E-state index in [9.17, 15) is 0 Å². The van der Waals surface area contributed by atoms with Gasteiger partial charge in [-0.15, -0.1) is 24.0 Å². The van der Waals surface area contributed by atoms with Crippen molar-refractivity contribution in [3.63, 3.8) is 0 Å². The van der Waals surface area contributed by atoms with E-state index in [1.807, 2.05) is 25.1 Å². The van der Waals surface area contributed by atoms with Crippen LogP contribution in [-0.4, -0.2) is 50.0 Å². The Kier molecular flexibility index (Phi) is 11.8. The summed E-state index contributed by atoms with van der Waals surface area (Å²) in [6.07, 6.45) is 3.54. The fourth-order valence-electron chi connectivity index (χ4n) is 2.56. The second-order valence-corrected chi connectivity index (χ2v) is 5.96. The van der Waals surface area contributed by atoms with Crippen LogP contribution in [0.25, 0.3) is 0 Å². The van der Waals surface area contributed by atoms with Gasteiger partial charge in [0.15, 0.2) is 5.96 Å². The minimum absolute atomic E-state index is 0. The Labute approximate surface area is 168 Å². The van der Waals surface area contributed by atoms with Crippen LogP contribution in [0.15, 0.2) is 23.2 Å². The van der Waals surface area contributed by atoms with Gasteiger partial charge < -0.3 is 20.1 Å². The summed E-state index contributed by atoms with van der Waals surface area (Å²) in [6, 6.07) is 6.01. The topological polar surface area (TPSA) is 67.8 Å². The van der Waals surface area contributed by atoms with Gasteiger partial charge in [-0.3, -0.25) is 4.98 Å². The van der Waals surface area contributed by atoms with Crippen LogP contribution in [0.3, 0.4) is 0 Å². The molecule has 1 saturated heterocycles. The van der Waals surface area contributed by atoms with Gasteiger partial charge >= 0.3 is 0 Å². The molecule has 142 valence electrons. The maximum absolute atomic E-state index is 5.67. The second kappa shape index (κ2) is 13.3. The number of nitrogens with one attached hydrogen (secondary N) is 2. The molecule has 2 rings (SSSR count). The Balaban J connectivity index is 0.00000312. The zero-order valence-electron chi connectivity index (χ0n) is 15.3. The van der Waals surface area contributed by atoms with Gasteiger partial charge in [0.25, 0.3) is 0 Å². The molecule has 0 bridgehead atoms. The van der Waals surface area contributed by atoms with Crippen LogP contribution < -0.4 is 10.6 Å². The molecule has 1 atom stereocenters. The molecule has 2 N–H and O–H groups in total.